The lowest BCUT2D eigenvalue weighted by Crippen LogP contribution is -2.61. The zero-order valence-corrected chi connectivity index (χ0v) is 26.7. The Hall–Kier alpha value is -4.25. The smallest absolute Gasteiger partial charge is 0.186 e. The largest absolute Gasteiger partial charge is 0.497 e. The Kier molecular flexibility index (Phi) is 13.2. The van der Waals surface area contributed by atoms with Gasteiger partial charge in [0.1, 0.15) is 30.2 Å². The topological polar surface area (TPSA) is 113 Å². The summed E-state index contributed by atoms with van der Waals surface area (Å²) in [7, 11) is 3.24. The van der Waals surface area contributed by atoms with E-state index in [-0.39, 0.29) is 19.8 Å². The molecule has 10 nitrogen and oxygen atoms in total. The number of azide groups is 1. The molecule has 4 aromatic carbocycles. The van der Waals surface area contributed by atoms with Gasteiger partial charge in [-0.1, -0.05) is 102 Å². The van der Waals surface area contributed by atoms with Gasteiger partial charge in [-0.15, -0.1) is 0 Å². The first-order valence-corrected chi connectivity index (χ1v) is 15.6. The van der Waals surface area contributed by atoms with E-state index in [4.69, 9.17) is 38.7 Å². The SMILES string of the molecule is COc1ccc(COC[C@H]2O[C@H](OC)[C@H](OCc3ccccc3)[C@@H](OCc3ccccc3)[C@@H]2OCc2ccccc2CN=[N+]=[N-])cc1. The van der Waals surface area contributed by atoms with Crippen LogP contribution in [0.3, 0.4) is 0 Å². The fourth-order valence-electron chi connectivity index (χ4n) is 5.46. The molecule has 0 aliphatic carbocycles. The van der Waals surface area contributed by atoms with Gasteiger partial charge in [0, 0.05) is 12.0 Å². The fraction of sp³-hybridized carbons (Fsp3) is 0.351. The third-order valence-corrected chi connectivity index (χ3v) is 7.96. The molecule has 0 bridgehead atoms. The molecule has 47 heavy (non-hydrogen) atoms. The molecular weight excluding hydrogens is 598 g/mol. The minimum Gasteiger partial charge on any atom is -0.497 e. The quantitative estimate of drug-likeness (QED) is 0.0685. The molecule has 0 spiro atoms. The second-order valence-electron chi connectivity index (χ2n) is 11.1. The van der Waals surface area contributed by atoms with Crippen LogP contribution in [-0.2, 0) is 61.4 Å². The molecule has 0 unspecified atom stereocenters. The number of ether oxygens (including phenoxy) is 7. The van der Waals surface area contributed by atoms with Crippen molar-refractivity contribution in [1.82, 2.24) is 0 Å². The van der Waals surface area contributed by atoms with Crippen LogP contribution in [0, 0.1) is 0 Å². The molecule has 0 aromatic heterocycles. The van der Waals surface area contributed by atoms with Crippen LogP contribution in [0.15, 0.2) is 114 Å². The van der Waals surface area contributed by atoms with Gasteiger partial charge < -0.3 is 33.2 Å². The summed E-state index contributed by atoms with van der Waals surface area (Å²) in [5, 5.41) is 3.77. The monoisotopic (exact) mass is 639 g/mol. The van der Waals surface area contributed by atoms with Gasteiger partial charge in [-0.25, -0.2) is 0 Å². The van der Waals surface area contributed by atoms with Gasteiger partial charge in [-0.05, 0) is 45.5 Å². The van der Waals surface area contributed by atoms with E-state index in [0.29, 0.717) is 19.8 Å². The molecule has 5 rings (SSSR count). The molecule has 1 heterocycles. The predicted molar refractivity (Wildman–Crippen MR) is 176 cm³/mol. The van der Waals surface area contributed by atoms with Crippen LogP contribution in [0.1, 0.15) is 27.8 Å². The summed E-state index contributed by atoms with van der Waals surface area (Å²) in [4.78, 5) is 2.93. The van der Waals surface area contributed by atoms with Crippen molar-refractivity contribution in [3.8, 4) is 5.75 Å². The van der Waals surface area contributed by atoms with Crippen LogP contribution in [0.4, 0.5) is 0 Å². The number of methoxy groups -OCH3 is 2. The van der Waals surface area contributed by atoms with E-state index in [1.54, 1.807) is 14.2 Å². The van der Waals surface area contributed by atoms with Crippen molar-refractivity contribution in [2.75, 3.05) is 20.8 Å². The summed E-state index contributed by atoms with van der Waals surface area (Å²) in [6, 6.07) is 35.4. The third-order valence-electron chi connectivity index (χ3n) is 7.96. The van der Waals surface area contributed by atoms with Crippen LogP contribution in [0.2, 0.25) is 0 Å². The lowest BCUT2D eigenvalue weighted by Gasteiger charge is -2.45. The van der Waals surface area contributed by atoms with Gasteiger partial charge in [0.25, 0.3) is 0 Å². The standard InChI is InChI=1S/C37H41N3O7/c1-41-32-19-17-29(18-20-32)22-43-26-33-34(46-25-31-16-10-9-15-30(31)21-39-40-38)35(44-23-27-11-5-3-6-12-27)36(37(42-2)47-33)45-24-28-13-7-4-8-14-28/h3-20,33-37H,21-26H2,1-2H3/t33-,34-,35+,36-,37+/m1/s1. The Labute approximate surface area is 275 Å². The number of hydrogen-bond acceptors (Lipinski definition) is 8. The minimum atomic E-state index is -0.744. The lowest BCUT2D eigenvalue weighted by molar-refractivity contribution is -0.323. The summed E-state index contributed by atoms with van der Waals surface area (Å²) in [5.41, 5.74) is 13.7. The maximum Gasteiger partial charge on any atom is 0.186 e. The number of rotatable bonds is 17. The van der Waals surface area contributed by atoms with E-state index in [0.717, 1.165) is 33.6 Å². The summed E-state index contributed by atoms with van der Waals surface area (Å²) in [6.45, 7) is 1.70. The zero-order valence-electron chi connectivity index (χ0n) is 26.7. The van der Waals surface area contributed by atoms with Crippen LogP contribution in [0.25, 0.3) is 10.4 Å². The molecule has 0 saturated carbocycles. The molecule has 0 amide bonds. The molecule has 10 heteroatoms. The molecular formula is C37H41N3O7. The van der Waals surface area contributed by atoms with Crippen LogP contribution in [0.5, 0.6) is 5.75 Å². The zero-order chi connectivity index (χ0) is 32.7. The first kappa shape index (κ1) is 34.1. The molecule has 5 atom stereocenters. The summed E-state index contributed by atoms with van der Waals surface area (Å²) in [5.74, 6) is 0.779. The molecule has 0 radical (unpaired) electrons. The van der Waals surface area contributed by atoms with Crippen molar-refractivity contribution in [2.45, 2.75) is 63.7 Å². The van der Waals surface area contributed by atoms with Gasteiger partial charge >= 0.3 is 0 Å². The van der Waals surface area contributed by atoms with E-state index in [9.17, 15) is 0 Å². The molecule has 246 valence electrons. The van der Waals surface area contributed by atoms with E-state index in [1.807, 2.05) is 109 Å². The number of hydrogen-bond donors (Lipinski definition) is 0. The van der Waals surface area contributed by atoms with E-state index >= 15 is 0 Å². The van der Waals surface area contributed by atoms with Crippen molar-refractivity contribution < 1.29 is 33.2 Å². The Morgan fingerprint density at radius 2 is 1.21 bits per heavy atom. The van der Waals surface area contributed by atoms with Crippen molar-refractivity contribution in [2.24, 2.45) is 5.11 Å². The van der Waals surface area contributed by atoms with Crippen molar-refractivity contribution in [1.29, 1.82) is 0 Å². The molecule has 1 saturated heterocycles. The van der Waals surface area contributed by atoms with Crippen molar-refractivity contribution in [3.05, 3.63) is 147 Å². The average Bonchev–Trinajstić information content (AvgIpc) is 3.13. The van der Waals surface area contributed by atoms with Gasteiger partial charge in [0.2, 0.25) is 0 Å². The van der Waals surface area contributed by atoms with Crippen molar-refractivity contribution >= 4 is 0 Å². The first-order valence-electron chi connectivity index (χ1n) is 15.6. The van der Waals surface area contributed by atoms with Crippen molar-refractivity contribution in [3.63, 3.8) is 0 Å². The Morgan fingerprint density at radius 3 is 1.83 bits per heavy atom. The Balaban J connectivity index is 1.41. The normalized spacial score (nSPS) is 20.8. The molecule has 1 fully saturated rings. The summed E-state index contributed by atoms with van der Waals surface area (Å²) >= 11 is 0. The maximum atomic E-state index is 8.92. The number of nitrogens with zero attached hydrogens (tertiary/aromatic N) is 3. The molecule has 1 aliphatic rings. The highest BCUT2D eigenvalue weighted by molar-refractivity contribution is 5.27. The first-order chi connectivity index (χ1) is 23.2. The van der Waals surface area contributed by atoms with Crippen LogP contribution < -0.4 is 4.74 Å². The Morgan fingerprint density at radius 1 is 0.638 bits per heavy atom. The minimum absolute atomic E-state index is 0.216. The molecule has 0 N–H and O–H groups in total. The van der Waals surface area contributed by atoms with Crippen LogP contribution >= 0.6 is 0 Å². The van der Waals surface area contributed by atoms with Gasteiger partial charge in [0.15, 0.2) is 6.29 Å². The van der Waals surface area contributed by atoms with E-state index in [1.165, 1.54) is 0 Å². The highest BCUT2D eigenvalue weighted by atomic mass is 16.7. The second kappa shape index (κ2) is 18.2. The average molecular weight is 640 g/mol. The van der Waals surface area contributed by atoms with Gasteiger partial charge in [-0.2, -0.15) is 0 Å². The van der Waals surface area contributed by atoms with Gasteiger partial charge in [-0.3, -0.25) is 0 Å². The van der Waals surface area contributed by atoms with Crippen LogP contribution in [-0.4, -0.2) is 51.5 Å². The molecule has 4 aromatic rings. The second-order valence-corrected chi connectivity index (χ2v) is 11.1. The highest BCUT2D eigenvalue weighted by Gasteiger charge is 2.48. The van der Waals surface area contributed by atoms with E-state index < -0.39 is 30.7 Å². The summed E-state index contributed by atoms with van der Waals surface area (Å²) < 4.78 is 43.8. The predicted octanol–water partition coefficient (Wildman–Crippen LogP) is 7.15. The highest BCUT2D eigenvalue weighted by Crippen LogP contribution is 2.31. The fourth-order valence-corrected chi connectivity index (χ4v) is 5.46. The third kappa shape index (κ3) is 9.87. The maximum absolute atomic E-state index is 8.92. The van der Waals surface area contributed by atoms with E-state index in [2.05, 4.69) is 10.0 Å². The number of benzene rings is 4. The lowest BCUT2D eigenvalue weighted by atomic mass is 9.97. The molecule has 1 aliphatic heterocycles. The summed E-state index contributed by atoms with van der Waals surface area (Å²) in [6.07, 6.45) is -3.11. The van der Waals surface area contributed by atoms with Gasteiger partial charge in [0.05, 0.1) is 46.7 Å². The Bertz CT molecular complexity index is 1530.